The summed E-state index contributed by atoms with van der Waals surface area (Å²) < 4.78 is 10.3. The third kappa shape index (κ3) is 3.03. The fourth-order valence-corrected chi connectivity index (χ4v) is 1.68. The fourth-order valence-electron chi connectivity index (χ4n) is 1.68. The number of ether oxygens (including phenoxy) is 1. The van der Waals surface area contributed by atoms with Gasteiger partial charge < -0.3 is 14.4 Å². The second-order valence-corrected chi connectivity index (χ2v) is 3.93. The summed E-state index contributed by atoms with van der Waals surface area (Å²) in [5.74, 6) is 0.649. The van der Waals surface area contributed by atoms with E-state index in [9.17, 15) is 4.79 Å². The van der Waals surface area contributed by atoms with Crippen molar-refractivity contribution in [3.63, 3.8) is 0 Å². The van der Waals surface area contributed by atoms with Gasteiger partial charge in [-0.25, -0.2) is 0 Å². The molecule has 0 aliphatic carbocycles. The lowest BCUT2D eigenvalue weighted by molar-refractivity contribution is -0.137. The van der Waals surface area contributed by atoms with Gasteiger partial charge in [-0.3, -0.25) is 4.79 Å². The van der Waals surface area contributed by atoms with E-state index in [1.807, 2.05) is 0 Å². The van der Waals surface area contributed by atoms with E-state index in [1.54, 1.807) is 0 Å². The van der Waals surface area contributed by atoms with Gasteiger partial charge in [-0.05, 0) is 12.3 Å². The summed E-state index contributed by atoms with van der Waals surface area (Å²) >= 11 is 0. The van der Waals surface area contributed by atoms with E-state index in [2.05, 4.69) is 10.1 Å². The van der Waals surface area contributed by atoms with Crippen molar-refractivity contribution >= 4 is 5.97 Å². The summed E-state index contributed by atoms with van der Waals surface area (Å²) in [4.78, 5) is 14.5. The van der Waals surface area contributed by atoms with Gasteiger partial charge in [-0.1, -0.05) is 5.16 Å². The average Bonchev–Trinajstić information content (AvgIpc) is 2.87. The van der Waals surface area contributed by atoms with Crippen LogP contribution in [0, 0.1) is 5.92 Å². The zero-order valence-corrected chi connectivity index (χ0v) is 8.89. The van der Waals surface area contributed by atoms with Gasteiger partial charge in [0.15, 0.2) is 5.82 Å². The number of aromatic nitrogens is 2. The molecule has 0 bridgehead atoms. The SMILES string of the molecule is O=C(O)CCc1noc(CC2CCOC2)n1. The molecule has 1 saturated heterocycles. The highest BCUT2D eigenvalue weighted by molar-refractivity contribution is 5.66. The maximum Gasteiger partial charge on any atom is 0.303 e. The van der Waals surface area contributed by atoms with E-state index in [0.29, 0.717) is 24.1 Å². The lowest BCUT2D eigenvalue weighted by Gasteiger charge is -2.00. The molecule has 1 N–H and O–H groups in total. The van der Waals surface area contributed by atoms with E-state index in [-0.39, 0.29) is 6.42 Å². The number of carboxylic acid groups (broad SMARTS) is 1. The van der Waals surface area contributed by atoms with Gasteiger partial charge in [0.1, 0.15) is 0 Å². The van der Waals surface area contributed by atoms with Crippen molar-refractivity contribution in [3.8, 4) is 0 Å². The summed E-state index contributed by atoms with van der Waals surface area (Å²) in [6.07, 6.45) is 2.10. The minimum absolute atomic E-state index is 0.0332. The fraction of sp³-hybridized carbons (Fsp3) is 0.700. The van der Waals surface area contributed by atoms with E-state index in [0.717, 1.165) is 26.1 Å². The third-order valence-corrected chi connectivity index (χ3v) is 2.56. The first-order chi connectivity index (χ1) is 7.74. The summed E-state index contributed by atoms with van der Waals surface area (Å²) in [5.41, 5.74) is 0. The van der Waals surface area contributed by atoms with Crippen LogP contribution in [0.15, 0.2) is 4.52 Å². The van der Waals surface area contributed by atoms with Gasteiger partial charge in [-0.15, -0.1) is 0 Å². The minimum atomic E-state index is -0.851. The smallest absolute Gasteiger partial charge is 0.303 e. The lowest BCUT2D eigenvalue weighted by Crippen LogP contribution is -2.04. The van der Waals surface area contributed by atoms with Gasteiger partial charge in [0, 0.05) is 26.1 Å². The van der Waals surface area contributed by atoms with Crippen molar-refractivity contribution in [2.75, 3.05) is 13.2 Å². The first-order valence-corrected chi connectivity index (χ1v) is 5.35. The van der Waals surface area contributed by atoms with E-state index >= 15 is 0 Å². The van der Waals surface area contributed by atoms with Gasteiger partial charge in [0.05, 0.1) is 6.42 Å². The molecular weight excluding hydrogens is 212 g/mol. The number of rotatable bonds is 5. The van der Waals surface area contributed by atoms with Crippen LogP contribution in [-0.2, 0) is 22.4 Å². The van der Waals surface area contributed by atoms with Gasteiger partial charge in [-0.2, -0.15) is 4.98 Å². The highest BCUT2D eigenvalue weighted by Crippen LogP contribution is 2.17. The molecular formula is C10H14N2O4. The molecule has 1 fully saturated rings. The van der Waals surface area contributed by atoms with Crippen molar-refractivity contribution in [2.45, 2.75) is 25.7 Å². The molecule has 0 spiro atoms. The molecule has 6 heteroatoms. The largest absolute Gasteiger partial charge is 0.481 e. The number of carboxylic acids is 1. The van der Waals surface area contributed by atoms with E-state index in [1.165, 1.54) is 0 Å². The third-order valence-electron chi connectivity index (χ3n) is 2.56. The number of aliphatic carboxylic acids is 1. The Morgan fingerprint density at radius 3 is 3.12 bits per heavy atom. The maximum atomic E-state index is 10.4. The van der Waals surface area contributed by atoms with E-state index < -0.39 is 5.97 Å². The predicted molar refractivity (Wildman–Crippen MR) is 52.9 cm³/mol. The van der Waals surface area contributed by atoms with Crippen LogP contribution in [0.5, 0.6) is 0 Å². The molecule has 88 valence electrons. The molecule has 0 amide bonds. The van der Waals surface area contributed by atoms with Crippen molar-refractivity contribution in [1.29, 1.82) is 0 Å². The van der Waals surface area contributed by atoms with Crippen molar-refractivity contribution in [3.05, 3.63) is 11.7 Å². The zero-order chi connectivity index (χ0) is 11.4. The van der Waals surface area contributed by atoms with Gasteiger partial charge in [0.2, 0.25) is 5.89 Å². The Balaban J connectivity index is 1.84. The monoisotopic (exact) mass is 226 g/mol. The maximum absolute atomic E-state index is 10.4. The van der Waals surface area contributed by atoms with Crippen molar-refractivity contribution in [2.24, 2.45) is 5.92 Å². The number of aryl methyl sites for hydroxylation is 1. The van der Waals surface area contributed by atoms with Crippen LogP contribution in [0.4, 0.5) is 0 Å². The van der Waals surface area contributed by atoms with Gasteiger partial charge >= 0.3 is 5.97 Å². The second-order valence-electron chi connectivity index (χ2n) is 3.93. The first kappa shape index (κ1) is 11.1. The summed E-state index contributed by atoms with van der Waals surface area (Å²) in [6.45, 7) is 1.54. The minimum Gasteiger partial charge on any atom is -0.481 e. The molecule has 1 aliphatic heterocycles. The Hall–Kier alpha value is -1.43. The van der Waals surface area contributed by atoms with Crippen molar-refractivity contribution < 1.29 is 19.2 Å². The molecule has 1 atom stereocenters. The topological polar surface area (TPSA) is 85.5 Å². The Morgan fingerprint density at radius 1 is 1.56 bits per heavy atom. The molecule has 1 aromatic heterocycles. The number of hydrogen-bond acceptors (Lipinski definition) is 5. The summed E-state index contributed by atoms with van der Waals surface area (Å²) in [5, 5.41) is 12.2. The zero-order valence-electron chi connectivity index (χ0n) is 8.89. The van der Waals surface area contributed by atoms with Crippen LogP contribution in [0.2, 0.25) is 0 Å². The second kappa shape index (κ2) is 5.07. The number of hydrogen-bond donors (Lipinski definition) is 1. The Kier molecular flexibility index (Phi) is 3.51. The van der Waals surface area contributed by atoms with Crippen LogP contribution >= 0.6 is 0 Å². The van der Waals surface area contributed by atoms with E-state index in [4.69, 9.17) is 14.4 Å². The molecule has 0 radical (unpaired) electrons. The Bertz CT molecular complexity index is 357. The number of nitrogens with zero attached hydrogens (tertiary/aromatic N) is 2. The lowest BCUT2D eigenvalue weighted by atomic mass is 10.1. The molecule has 0 aromatic carbocycles. The molecule has 1 aromatic rings. The highest BCUT2D eigenvalue weighted by Gasteiger charge is 2.19. The average molecular weight is 226 g/mol. The number of carbonyl (C=O) groups is 1. The van der Waals surface area contributed by atoms with Crippen LogP contribution in [0.1, 0.15) is 24.6 Å². The highest BCUT2D eigenvalue weighted by atomic mass is 16.5. The van der Waals surface area contributed by atoms with Crippen molar-refractivity contribution in [1.82, 2.24) is 10.1 Å². The van der Waals surface area contributed by atoms with Crippen LogP contribution in [0.25, 0.3) is 0 Å². The summed E-state index contributed by atoms with van der Waals surface area (Å²) in [6, 6.07) is 0. The molecule has 2 heterocycles. The van der Waals surface area contributed by atoms with Gasteiger partial charge in [0.25, 0.3) is 0 Å². The quantitative estimate of drug-likeness (QED) is 0.794. The molecule has 0 saturated carbocycles. The van der Waals surface area contributed by atoms with Crippen LogP contribution in [-0.4, -0.2) is 34.4 Å². The Morgan fingerprint density at radius 2 is 2.44 bits per heavy atom. The molecule has 16 heavy (non-hydrogen) atoms. The van der Waals surface area contributed by atoms with Crippen LogP contribution < -0.4 is 0 Å². The molecule has 1 aliphatic rings. The Labute approximate surface area is 92.6 Å². The normalized spacial score (nSPS) is 20.1. The van der Waals surface area contributed by atoms with Crippen LogP contribution in [0.3, 0.4) is 0 Å². The molecule has 2 rings (SSSR count). The molecule has 6 nitrogen and oxygen atoms in total. The standard InChI is InChI=1S/C10H14N2O4/c13-10(14)2-1-8-11-9(16-12-8)5-7-3-4-15-6-7/h7H,1-6H2,(H,13,14). The molecule has 1 unspecified atom stereocenters. The first-order valence-electron chi connectivity index (χ1n) is 5.35. The summed E-state index contributed by atoms with van der Waals surface area (Å²) in [7, 11) is 0. The predicted octanol–water partition coefficient (Wildman–Crippen LogP) is 0.666.